The third-order valence-corrected chi connectivity index (χ3v) is 4.29. The van der Waals surface area contributed by atoms with E-state index in [2.05, 4.69) is 15.4 Å². The number of carbonyl (C=O) groups is 1. The van der Waals surface area contributed by atoms with Crippen LogP contribution in [0.5, 0.6) is 0 Å². The van der Waals surface area contributed by atoms with Gasteiger partial charge in [0, 0.05) is 25.4 Å². The topological polar surface area (TPSA) is 80.0 Å². The molecule has 3 rings (SSSR count). The van der Waals surface area contributed by atoms with Crippen molar-refractivity contribution in [2.75, 3.05) is 6.61 Å². The van der Waals surface area contributed by atoms with Crippen LogP contribution in [0.1, 0.15) is 41.0 Å². The monoisotopic (exact) mass is 302 g/mol. The zero-order valence-corrected chi connectivity index (χ0v) is 13.3. The van der Waals surface area contributed by atoms with Gasteiger partial charge in [0.25, 0.3) is 5.91 Å². The van der Waals surface area contributed by atoms with E-state index in [4.69, 9.17) is 0 Å². The molecule has 22 heavy (non-hydrogen) atoms. The average molecular weight is 302 g/mol. The highest BCUT2D eigenvalue weighted by atomic mass is 16.3. The smallest absolute Gasteiger partial charge is 0.252 e. The van der Waals surface area contributed by atoms with Gasteiger partial charge in [0.1, 0.15) is 0 Å². The van der Waals surface area contributed by atoms with E-state index in [-0.39, 0.29) is 18.6 Å². The Kier molecular flexibility index (Phi) is 3.87. The molecule has 1 amide bonds. The number of nitrogens with zero attached hydrogens (tertiary/aromatic N) is 3. The average Bonchev–Trinajstić information content (AvgIpc) is 3.26. The predicted molar refractivity (Wildman–Crippen MR) is 83.7 cm³/mol. The lowest BCUT2D eigenvalue weighted by Crippen LogP contribution is -2.37. The van der Waals surface area contributed by atoms with E-state index in [0.717, 1.165) is 35.3 Å². The van der Waals surface area contributed by atoms with Crippen LogP contribution in [0.25, 0.3) is 11.0 Å². The van der Waals surface area contributed by atoms with Crippen molar-refractivity contribution in [2.24, 2.45) is 13.0 Å². The van der Waals surface area contributed by atoms with Crippen molar-refractivity contribution < 1.29 is 9.90 Å². The molecule has 1 saturated carbocycles. The van der Waals surface area contributed by atoms with Crippen LogP contribution in [0.3, 0.4) is 0 Å². The fraction of sp³-hybridized carbons (Fsp3) is 0.562. The molecule has 0 aliphatic heterocycles. The molecule has 1 atom stereocenters. The molecule has 6 nitrogen and oxygen atoms in total. The molecule has 6 heteroatoms. The van der Waals surface area contributed by atoms with Gasteiger partial charge in [-0.05, 0) is 45.1 Å². The van der Waals surface area contributed by atoms with Gasteiger partial charge in [-0.15, -0.1) is 0 Å². The molecule has 0 spiro atoms. The number of carbonyl (C=O) groups excluding carboxylic acids is 1. The van der Waals surface area contributed by atoms with Crippen LogP contribution >= 0.6 is 0 Å². The highest BCUT2D eigenvalue weighted by molar-refractivity contribution is 6.06. The Hall–Kier alpha value is -1.95. The van der Waals surface area contributed by atoms with E-state index < -0.39 is 0 Å². The zero-order valence-electron chi connectivity index (χ0n) is 13.3. The minimum absolute atomic E-state index is 0.0537. The Morgan fingerprint density at radius 1 is 1.50 bits per heavy atom. The fourth-order valence-electron chi connectivity index (χ4n) is 3.06. The molecular formula is C16H22N4O2. The van der Waals surface area contributed by atoms with Crippen molar-refractivity contribution >= 4 is 16.9 Å². The minimum atomic E-state index is -0.100. The normalized spacial score (nSPS) is 16.0. The second-order valence-corrected chi connectivity index (χ2v) is 6.15. The van der Waals surface area contributed by atoms with Crippen LogP contribution in [0.2, 0.25) is 0 Å². The van der Waals surface area contributed by atoms with Crippen molar-refractivity contribution in [3.05, 3.63) is 23.0 Å². The number of amides is 1. The van der Waals surface area contributed by atoms with E-state index in [0.29, 0.717) is 17.9 Å². The molecule has 1 aliphatic carbocycles. The number of aliphatic hydroxyl groups is 1. The summed E-state index contributed by atoms with van der Waals surface area (Å²) in [6, 6.07) is 1.87. The maximum absolute atomic E-state index is 12.7. The lowest BCUT2D eigenvalue weighted by Gasteiger charge is -2.17. The van der Waals surface area contributed by atoms with Crippen LogP contribution < -0.4 is 5.32 Å². The summed E-state index contributed by atoms with van der Waals surface area (Å²) < 4.78 is 1.71. The molecule has 2 aromatic rings. The molecule has 0 saturated heterocycles. The van der Waals surface area contributed by atoms with Crippen molar-refractivity contribution in [1.29, 1.82) is 0 Å². The van der Waals surface area contributed by atoms with Gasteiger partial charge >= 0.3 is 0 Å². The lowest BCUT2D eigenvalue weighted by atomic mass is 10.1. The molecular weight excluding hydrogens is 280 g/mol. The highest BCUT2D eigenvalue weighted by Crippen LogP contribution is 2.34. The summed E-state index contributed by atoms with van der Waals surface area (Å²) in [6.45, 7) is 3.87. The molecule has 0 radical (unpaired) electrons. The molecule has 118 valence electrons. The Morgan fingerprint density at radius 2 is 2.23 bits per heavy atom. The molecule has 1 aliphatic rings. The van der Waals surface area contributed by atoms with E-state index in [1.54, 1.807) is 4.68 Å². The number of rotatable bonds is 5. The minimum Gasteiger partial charge on any atom is -0.396 e. The first-order chi connectivity index (χ1) is 10.5. The maximum atomic E-state index is 12.7. The van der Waals surface area contributed by atoms with Crippen molar-refractivity contribution in [2.45, 2.75) is 39.2 Å². The van der Waals surface area contributed by atoms with Gasteiger partial charge in [0.2, 0.25) is 0 Å². The van der Waals surface area contributed by atoms with Crippen LogP contribution in [0.15, 0.2) is 6.07 Å². The summed E-state index contributed by atoms with van der Waals surface area (Å²) in [5, 5.41) is 17.5. The SMILES string of the molecule is Cc1cc(C(=O)NC(CCO)C2CC2)c2c(C)nn(C)c2n1. The quantitative estimate of drug-likeness (QED) is 0.876. The lowest BCUT2D eigenvalue weighted by molar-refractivity contribution is 0.0925. The molecule has 1 fully saturated rings. The van der Waals surface area contributed by atoms with Crippen molar-refractivity contribution in [3.8, 4) is 0 Å². The number of hydrogen-bond donors (Lipinski definition) is 2. The molecule has 0 aromatic carbocycles. The van der Waals surface area contributed by atoms with E-state index >= 15 is 0 Å². The van der Waals surface area contributed by atoms with Crippen LogP contribution in [0, 0.1) is 19.8 Å². The number of pyridine rings is 1. The van der Waals surface area contributed by atoms with Gasteiger partial charge in [-0.2, -0.15) is 5.10 Å². The second-order valence-electron chi connectivity index (χ2n) is 6.15. The molecule has 0 bridgehead atoms. The van der Waals surface area contributed by atoms with Gasteiger partial charge < -0.3 is 10.4 Å². The van der Waals surface area contributed by atoms with E-state index in [1.165, 1.54) is 0 Å². The summed E-state index contributed by atoms with van der Waals surface area (Å²) in [4.78, 5) is 17.2. The largest absolute Gasteiger partial charge is 0.396 e. The number of fused-ring (bicyclic) bond motifs is 1. The summed E-state index contributed by atoms with van der Waals surface area (Å²) in [5.41, 5.74) is 2.95. The van der Waals surface area contributed by atoms with E-state index in [9.17, 15) is 9.90 Å². The number of aliphatic hydroxyl groups excluding tert-OH is 1. The Bertz CT molecular complexity index is 718. The second kappa shape index (κ2) is 5.68. The number of hydrogen-bond acceptors (Lipinski definition) is 4. The van der Waals surface area contributed by atoms with Crippen LogP contribution in [-0.2, 0) is 7.05 Å². The predicted octanol–water partition coefficient (Wildman–Crippen LogP) is 1.48. The number of nitrogens with one attached hydrogen (secondary N) is 1. The van der Waals surface area contributed by atoms with Gasteiger partial charge in [-0.3, -0.25) is 9.48 Å². The molecule has 2 N–H and O–H groups in total. The zero-order chi connectivity index (χ0) is 15.9. The Morgan fingerprint density at radius 3 is 2.86 bits per heavy atom. The Labute approximate surface area is 129 Å². The Balaban J connectivity index is 1.96. The van der Waals surface area contributed by atoms with Gasteiger partial charge in [-0.25, -0.2) is 4.98 Å². The molecule has 2 aromatic heterocycles. The van der Waals surface area contributed by atoms with Gasteiger partial charge in [-0.1, -0.05) is 0 Å². The van der Waals surface area contributed by atoms with Gasteiger partial charge in [0.15, 0.2) is 5.65 Å². The van der Waals surface area contributed by atoms with Crippen molar-refractivity contribution in [1.82, 2.24) is 20.1 Å². The fourth-order valence-corrected chi connectivity index (χ4v) is 3.06. The summed E-state index contributed by atoms with van der Waals surface area (Å²) in [5.74, 6) is 0.404. The molecule has 1 unspecified atom stereocenters. The van der Waals surface area contributed by atoms with E-state index in [1.807, 2.05) is 27.0 Å². The maximum Gasteiger partial charge on any atom is 0.252 e. The number of aryl methyl sites for hydroxylation is 3. The number of aromatic nitrogens is 3. The third kappa shape index (κ3) is 2.70. The summed E-state index contributed by atoms with van der Waals surface area (Å²) >= 11 is 0. The first kappa shape index (κ1) is 15.0. The third-order valence-electron chi connectivity index (χ3n) is 4.29. The first-order valence-electron chi connectivity index (χ1n) is 7.74. The highest BCUT2D eigenvalue weighted by Gasteiger charge is 2.32. The van der Waals surface area contributed by atoms with Crippen LogP contribution in [0.4, 0.5) is 0 Å². The summed E-state index contributed by atoms with van der Waals surface area (Å²) in [6.07, 6.45) is 2.86. The molecule has 2 heterocycles. The summed E-state index contributed by atoms with van der Waals surface area (Å²) in [7, 11) is 1.84. The first-order valence-corrected chi connectivity index (χ1v) is 7.74. The van der Waals surface area contributed by atoms with Crippen molar-refractivity contribution in [3.63, 3.8) is 0 Å². The van der Waals surface area contributed by atoms with Gasteiger partial charge in [0.05, 0.1) is 16.6 Å². The van der Waals surface area contributed by atoms with Crippen LogP contribution in [-0.4, -0.2) is 38.4 Å². The standard InChI is InChI=1S/C16H22N4O2/c1-9-8-12(14-10(2)19-20(3)15(14)17-9)16(22)18-13(6-7-21)11-4-5-11/h8,11,13,21H,4-7H2,1-3H3,(H,18,22).